The Kier molecular flexibility index (Phi) is 4.50. The molecule has 0 aliphatic rings. The van der Waals surface area contributed by atoms with Crippen molar-refractivity contribution in [2.45, 2.75) is 4.90 Å². The Balaban J connectivity index is 3.04. The van der Waals surface area contributed by atoms with Crippen LogP contribution in [-0.2, 0) is 14.8 Å². The number of hydrogen-bond acceptors (Lipinski definition) is 3. The first kappa shape index (κ1) is 14.0. The molecule has 0 aliphatic heterocycles. The van der Waals surface area contributed by atoms with Crippen molar-refractivity contribution in [3.05, 3.63) is 29.3 Å². The van der Waals surface area contributed by atoms with E-state index < -0.39 is 10.0 Å². The first-order chi connectivity index (χ1) is 7.89. The minimum Gasteiger partial charge on any atom is -0.358 e. The van der Waals surface area contributed by atoms with Crippen LogP contribution in [0, 0.1) is 0 Å². The van der Waals surface area contributed by atoms with Gasteiger partial charge >= 0.3 is 0 Å². The maximum Gasteiger partial charge on any atom is 0.244 e. The number of sulfonamides is 1. The third-order valence-electron chi connectivity index (χ3n) is 2.17. The van der Waals surface area contributed by atoms with Crippen molar-refractivity contribution in [2.75, 3.05) is 20.6 Å². The van der Waals surface area contributed by atoms with Gasteiger partial charge in [-0.05, 0) is 12.1 Å². The van der Waals surface area contributed by atoms with E-state index in [1.807, 2.05) is 0 Å². The SMILES string of the molecule is CNC(=O)CN(C)S(=O)(=O)c1ccccc1Cl. The normalized spacial score (nSPS) is 11.5. The summed E-state index contributed by atoms with van der Waals surface area (Å²) in [5, 5.41) is 2.49. The third-order valence-corrected chi connectivity index (χ3v) is 4.47. The highest BCUT2D eigenvalue weighted by molar-refractivity contribution is 7.89. The van der Waals surface area contributed by atoms with Crippen LogP contribution < -0.4 is 5.32 Å². The molecule has 1 rings (SSSR count). The van der Waals surface area contributed by atoms with Gasteiger partial charge in [0.25, 0.3) is 0 Å². The van der Waals surface area contributed by atoms with E-state index in [0.717, 1.165) is 4.31 Å². The number of nitrogens with zero attached hydrogens (tertiary/aromatic N) is 1. The summed E-state index contributed by atoms with van der Waals surface area (Å²) in [6.45, 7) is -0.246. The van der Waals surface area contributed by atoms with Gasteiger partial charge in [0.15, 0.2) is 0 Å². The highest BCUT2D eigenvalue weighted by Crippen LogP contribution is 2.23. The summed E-state index contributed by atoms with van der Waals surface area (Å²) in [6.07, 6.45) is 0. The summed E-state index contributed by atoms with van der Waals surface area (Å²) in [6, 6.07) is 6.10. The monoisotopic (exact) mass is 276 g/mol. The summed E-state index contributed by atoms with van der Waals surface area (Å²) >= 11 is 5.82. The summed E-state index contributed by atoms with van der Waals surface area (Å²) < 4.78 is 25.1. The van der Waals surface area contributed by atoms with Gasteiger partial charge < -0.3 is 5.32 Å². The molecule has 0 heterocycles. The lowest BCUT2D eigenvalue weighted by Crippen LogP contribution is -2.36. The molecule has 0 saturated carbocycles. The molecule has 1 N–H and O–H groups in total. The van der Waals surface area contributed by atoms with Gasteiger partial charge in [0.2, 0.25) is 15.9 Å². The maximum atomic E-state index is 12.1. The van der Waals surface area contributed by atoms with E-state index in [1.165, 1.54) is 26.2 Å². The second-order valence-electron chi connectivity index (χ2n) is 3.36. The van der Waals surface area contributed by atoms with E-state index in [-0.39, 0.29) is 22.4 Å². The van der Waals surface area contributed by atoms with Gasteiger partial charge in [-0.3, -0.25) is 4.79 Å². The first-order valence-corrected chi connectivity index (χ1v) is 6.63. The fourth-order valence-electron chi connectivity index (χ4n) is 1.19. The van der Waals surface area contributed by atoms with Crippen LogP contribution in [0.25, 0.3) is 0 Å². The lowest BCUT2D eigenvalue weighted by Gasteiger charge is -2.16. The van der Waals surface area contributed by atoms with Crippen LogP contribution in [0.1, 0.15) is 0 Å². The average Bonchev–Trinajstić information content (AvgIpc) is 2.29. The summed E-state index contributed by atoms with van der Waals surface area (Å²) in [5.41, 5.74) is 0. The highest BCUT2D eigenvalue weighted by atomic mass is 35.5. The van der Waals surface area contributed by atoms with Crippen LogP contribution in [0.3, 0.4) is 0 Å². The van der Waals surface area contributed by atoms with E-state index in [9.17, 15) is 13.2 Å². The Morgan fingerprint density at radius 2 is 2.00 bits per heavy atom. The molecule has 0 atom stereocenters. The Labute approximate surface area is 105 Å². The molecule has 0 aromatic heterocycles. The zero-order valence-corrected chi connectivity index (χ0v) is 11.0. The molecular weight excluding hydrogens is 264 g/mol. The van der Waals surface area contributed by atoms with E-state index in [4.69, 9.17) is 11.6 Å². The number of likely N-dealkylation sites (N-methyl/N-ethyl adjacent to an activating group) is 2. The van der Waals surface area contributed by atoms with E-state index in [0.29, 0.717) is 0 Å². The molecule has 0 bridgehead atoms. The van der Waals surface area contributed by atoms with Gasteiger partial charge in [0, 0.05) is 14.1 Å². The number of carbonyl (C=O) groups excluding carboxylic acids is 1. The van der Waals surface area contributed by atoms with E-state index >= 15 is 0 Å². The Morgan fingerprint density at radius 3 is 2.53 bits per heavy atom. The van der Waals surface area contributed by atoms with Crippen molar-refractivity contribution >= 4 is 27.5 Å². The van der Waals surface area contributed by atoms with Crippen molar-refractivity contribution in [3.63, 3.8) is 0 Å². The molecule has 1 aromatic rings. The second kappa shape index (κ2) is 5.48. The van der Waals surface area contributed by atoms with Crippen LogP contribution in [0.15, 0.2) is 29.2 Å². The summed E-state index contributed by atoms with van der Waals surface area (Å²) in [4.78, 5) is 11.1. The second-order valence-corrected chi connectivity index (χ2v) is 5.79. The number of carbonyl (C=O) groups is 1. The molecule has 0 saturated heterocycles. The van der Waals surface area contributed by atoms with Gasteiger partial charge in [0.1, 0.15) is 4.90 Å². The third kappa shape index (κ3) is 3.18. The van der Waals surface area contributed by atoms with Crippen molar-refractivity contribution in [1.82, 2.24) is 9.62 Å². The molecular formula is C10H13ClN2O3S. The Bertz CT molecular complexity index is 516. The largest absolute Gasteiger partial charge is 0.358 e. The number of hydrogen-bond donors (Lipinski definition) is 1. The zero-order chi connectivity index (χ0) is 13.1. The molecule has 0 fully saturated rings. The molecule has 1 aromatic carbocycles. The summed E-state index contributed by atoms with van der Waals surface area (Å²) in [7, 11) is -0.964. The van der Waals surface area contributed by atoms with Gasteiger partial charge in [-0.25, -0.2) is 8.42 Å². The smallest absolute Gasteiger partial charge is 0.244 e. The summed E-state index contributed by atoms with van der Waals surface area (Å²) in [5.74, 6) is -0.386. The lowest BCUT2D eigenvalue weighted by atomic mass is 10.4. The predicted molar refractivity (Wildman–Crippen MR) is 65.3 cm³/mol. The zero-order valence-electron chi connectivity index (χ0n) is 9.47. The van der Waals surface area contributed by atoms with Crippen LogP contribution in [0.5, 0.6) is 0 Å². The molecule has 0 radical (unpaired) electrons. The molecule has 94 valence electrons. The topological polar surface area (TPSA) is 66.5 Å². The molecule has 5 nitrogen and oxygen atoms in total. The minimum absolute atomic E-state index is 0.00642. The van der Waals surface area contributed by atoms with Crippen molar-refractivity contribution in [1.29, 1.82) is 0 Å². The Hall–Kier alpha value is -1.11. The van der Waals surface area contributed by atoms with Crippen molar-refractivity contribution < 1.29 is 13.2 Å². The fourth-order valence-corrected chi connectivity index (χ4v) is 2.80. The quantitative estimate of drug-likeness (QED) is 0.881. The minimum atomic E-state index is -3.73. The van der Waals surface area contributed by atoms with Crippen molar-refractivity contribution in [2.24, 2.45) is 0 Å². The van der Waals surface area contributed by atoms with E-state index in [1.54, 1.807) is 12.1 Å². The number of benzene rings is 1. The molecule has 0 unspecified atom stereocenters. The number of amides is 1. The average molecular weight is 277 g/mol. The van der Waals surface area contributed by atoms with Gasteiger partial charge in [-0.15, -0.1) is 0 Å². The van der Waals surface area contributed by atoms with Crippen LogP contribution >= 0.6 is 11.6 Å². The standard InChI is InChI=1S/C10H13ClN2O3S/c1-12-10(14)7-13(2)17(15,16)9-6-4-3-5-8(9)11/h3-6H,7H2,1-2H3,(H,12,14). The highest BCUT2D eigenvalue weighted by Gasteiger charge is 2.24. The molecule has 0 spiro atoms. The lowest BCUT2D eigenvalue weighted by molar-refractivity contribution is -0.120. The number of rotatable bonds is 4. The fraction of sp³-hybridized carbons (Fsp3) is 0.300. The van der Waals surface area contributed by atoms with Gasteiger partial charge in [-0.2, -0.15) is 4.31 Å². The van der Waals surface area contributed by atoms with Crippen molar-refractivity contribution in [3.8, 4) is 0 Å². The Morgan fingerprint density at radius 1 is 1.41 bits per heavy atom. The number of nitrogens with one attached hydrogen (secondary N) is 1. The van der Waals surface area contributed by atoms with Crippen LogP contribution in [-0.4, -0.2) is 39.3 Å². The van der Waals surface area contributed by atoms with Gasteiger partial charge in [0.05, 0.1) is 11.6 Å². The molecule has 17 heavy (non-hydrogen) atoms. The predicted octanol–water partition coefficient (Wildman–Crippen LogP) is 0.706. The van der Waals surface area contributed by atoms with Crippen LogP contribution in [0.4, 0.5) is 0 Å². The maximum absolute atomic E-state index is 12.1. The van der Waals surface area contributed by atoms with E-state index in [2.05, 4.69) is 5.32 Å². The molecule has 7 heteroatoms. The number of halogens is 1. The molecule has 1 amide bonds. The molecule has 0 aliphatic carbocycles. The van der Waals surface area contributed by atoms with Gasteiger partial charge in [-0.1, -0.05) is 23.7 Å². The first-order valence-electron chi connectivity index (χ1n) is 4.81. The van der Waals surface area contributed by atoms with Crippen LogP contribution in [0.2, 0.25) is 5.02 Å².